The summed E-state index contributed by atoms with van der Waals surface area (Å²) in [6, 6.07) is 5.74. The van der Waals surface area contributed by atoms with E-state index in [1.165, 1.54) is 17.0 Å². The van der Waals surface area contributed by atoms with Crippen molar-refractivity contribution in [2.75, 3.05) is 5.32 Å². The summed E-state index contributed by atoms with van der Waals surface area (Å²) in [7, 11) is 0. The summed E-state index contributed by atoms with van der Waals surface area (Å²) in [5.41, 5.74) is 1.82. The van der Waals surface area contributed by atoms with Gasteiger partial charge >= 0.3 is 6.18 Å². The summed E-state index contributed by atoms with van der Waals surface area (Å²) in [6.45, 7) is 1.80. The number of thiophene rings is 1. The molecule has 0 amide bonds. The van der Waals surface area contributed by atoms with Crippen molar-refractivity contribution >= 4 is 28.6 Å². The van der Waals surface area contributed by atoms with Crippen LogP contribution in [0.1, 0.15) is 34.0 Å². The van der Waals surface area contributed by atoms with Crippen molar-refractivity contribution in [3.8, 4) is 0 Å². The van der Waals surface area contributed by atoms with Crippen molar-refractivity contribution in [3.05, 3.63) is 50.2 Å². The third-order valence-electron chi connectivity index (χ3n) is 3.74. The van der Waals surface area contributed by atoms with Gasteiger partial charge in [-0.2, -0.15) is 13.2 Å². The molecule has 1 aromatic carbocycles. The van der Waals surface area contributed by atoms with Gasteiger partial charge in [-0.05, 0) is 49.1 Å². The van der Waals surface area contributed by atoms with E-state index in [1.54, 1.807) is 18.3 Å². The van der Waals surface area contributed by atoms with E-state index in [1.807, 2.05) is 6.07 Å². The third kappa shape index (κ3) is 2.90. The van der Waals surface area contributed by atoms with Gasteiger partial charge in [-0.25, -0.2) is 0 Å². The number of alkyl halides is 3. The zero-order valence-electron chi connectivity index (χ0n) is 11.2. The van der Waals surface area contributed by atoms with Crippen LogP contribution in [0.3, 0.4) is 0 Å². The second-order valence-corrected chi connectivity index (χ2v) is 6.96. The number of rotatable bonds is 2. The molecule has 6 heteroatoms. The Morgan fingerprint density at radius 1 is 1.29 bits per heavy atom. The lowest BCUT2D eigenvalue weighted by atomic mass is 10.1. The van der Waals surface area contributed by atoms with Crippen molar-refractivity contribution in [1.29, 1.82) is 0 Å². The second-order valence-electron chi connectivity index (χ2n) is 5.19. The first kappa shape index (κ1) is 14.7. The first-order valence-electron chi connectivity index (χ1n) is 6.57. The monoisotopic (exact) mass is 331 g/mol. The summed E-state index contributed by atoms with van der Waals surface area (Å²) in [6.07, 6.45) is -2.52. The highest BCUT2D eigenvalue weighted by atomic mass is 35.5. The molecule has 1 aliphatic rings. The number of anilines is 1. The first-order valence-corrected chi connectivity index (χ1v) is 7.76. The van der Waals surface area contributed by atoms with E-state index in [4.69, 9.17) is 11.6 Å². The van der Waals surface area contributed by atoms with Crippen LogP contribution in [0.5, 0.6) is 0 Å². The SMILES string of the molecule is Cc1ccc(C(F)(F)F)cc1NC1CCc2sc(Cl)cc21. The Balaban J connectivity index is 1.89. The number of hydrogen-bond donors (Lipinski definition) is 1. The number of halogens is 4. The van der Waals surface area contributed by atoms with E-state index in [0.29, 0.717) is 5.69 Å². The molecule has 1 heterocycles. The number of hydrogen-bond acceptors (Lipinski definition) is 2. The average molecular weight is 332 g/mol. The van der Waals surface area contributed by atoms with Crippen molar-refractivity contribution in [2.24, 2.45) is 0 Å². The third-order valence-corrected chi connectivity index (χ3v) is 5.08. The lowest BCUT2D eigenvalue weighted by molar-refractivity contribution is -0.137. The van der Waals surface area contributed by atoms with Crippen LogP contribution in [0.15, 0.2) is 24.3 Å². The summed E-state index contributed by atoms with van der Waals surface area (Å²) in [4.78, 5) is 1.22. The highest BCUT2D eigenvalue weighted by Gasteiger charge is 2.31. The highest BCUT2D eigenvalue weighted by molar-refractivity contribution is 7.16. The molecule has 1 N–H and O–H groups in total. The molecular weight excluding hydrogens is 319 g/mol. The van der Waals surface area contributed by atoms with Crippen LogP contribution in [0.4, 0.5) is 18.9 Å². The smallest absolute Gasteiger partial charge is 0.378 e. The summed E-state index contributed by atoms with van der Waals surface area (Å²) >= 11 is 7.55. The van der Waals surface area contributed by atoms with E-state index in [0.717, 1.165) is 34.4 Å². The first-order chi connectivity index (χ1) is 9.84. The fraction of sp³-hybridized carbons (Fsp3) is 0.333. The van der Waals surface area contributed by atoms with Gasteiger partial charge in [0.05, 0.1) is 15.9 Å². The quantitative estimate of drug-likeness (QED) is 0.730. The van der Waals surface area contributed by atoms with Crippen LogP contribution >= 0.6 is 22.9 Å². The minimum atomic E-state index is -4.32. The fourth-order valence-electron chi connectivity index (χ4n) is 2.62. The normalized spacial score (nSPS) is 17.9. The fourth-order valence-corrected chi connectivity index (χ4v) is 3.98. The molecule has 2 aromatic rings. The van der Waals surface area contributed by atoms with Gasteiger partial charge in [0.1, 0.15) is 0 Å². The molecule has 1 aromatic heterocycles. The summed E-state index contributed by atoms with van der Waals surface area (Å²) in [5.74, 6) is 0. The Morgan fingerprint density at radius 2 is 2.05 bits per heavy atom. The summed E-state index contributed by atoms with van der Waals surface area (Å²) < 4.78 is 39.2. The molecule has 0 bridgehead atoms. The second kappa shape index (κ2) is 5.21. The molecule has 0 saturated heterocycles. The molecule has 3 rings (SSSR count). The van der Waals surface area contributed by atoms with Gasteiger partial charge in [0.2, 0.25) is 0 Å². The molecule has 1 nitrogen and oxygen atoms in total. The van der Waals surface area contributed by atoms with Crippen LogP contribution in [-0.4, -0.2) is 0 Å². The summed E-state index contributed by atoms with van der Waals surface area (Å²) in [5, 5.41) is 3.24. The minimum Gasteiger partial charge on any atom is -0.378 e. The largest absolute Gasteiger partial charge is 0.416 e. The maximum atomic E-state index is 12.8. The number of aryl methyl sites for hydroxylation is 2. The van der Waals surface area contributed by atoms with Crippen LogP contribution in [-0.2, 0) is 12.6 Å². The van der Waals surface area contributed by atoms with Gasteiger partial charge in [0.25, 0.3) is 0 Å². The molecule has 0 fully saturated rings. The molecule has 21 heavy (non-hydrogen) atoms. The van der Waals surface area contributed by atoms with Crippen molar-refractivity contribution in [3.63, 3.8) is 0 Å². The van der Waals surface area contributed by atoms with Crippen molar-refractivity contribution in [1.82, 2.24) is 0 Å². The lowest BCUT2D eigenvalue weighted by Crippen LogP contribution is -2.10. The number of nitrogens with one attached hydrogen (secondary N) is 1. The highest BCUT2D eigenvalue weighted by Crippen LogP contribution is 2.42. The molecule has 0 radical (unpaired) electrons. The zero-order chi connectivity index (χ0) is 15.2. The molecule has 0 saturated carbocycles. The van der Waals surface area contributed by atoms with Crippen LogP contribution in [0.25, 0.3) is 0 Å². The van der Waals surface area contributed by atoms with Crippen molar-refractivity contribution in [2.45, 2.75) is 32.0 Å². The molecule has 1 unspecified atom stereocenters. The van der Waals surface area contributed by atoms with Gasteiger partial charge in [0.15, 0.2) is 0 Å². The molecule has 112 valence electrons. The predicted molar refractivity (Wildman–Crippen MR) is 80.2 cm³/mol. The van der Waals surface area contributed by atoms with Gasteiger partial charge in [-0.3, -0.25) is 0 Å². The Bertz CT molecular complexity index is 678. The Labute approximate surface area is 129 Å². The standard InChI is InChI=1S/C15H13ClF3NS/c1-8-2-3-9(15(17,18)19)6-12(8)20-11-4-5-13-10(11)7-14(16)21-13/h2-3,6-7,11,20H,4-5H2,1H3. The van der Waals surface area contributed by atoms with Crippen molar-refractivity contribution < 1.29 is 13.2 Å². The number of fused-ring (bicyclic) bond motifs is 1. The van der Waals surface area contributed by atoms with E-state index in [2.05, 4.69) is 5.32 Å². The Morgan fingerprint density at radius 3 is 2.76 bits per heavy atom. The van der Waals surface area contributed by atoms with Crippen LogP contribution in [0.2, 0.25) is 4.34 Å². The molecule has 1 atom stereocenters. The van der Waals surface area contributed by atoms with Gasteiger partial charge < -0.3 is 5.32 Å². The molecular formula is C15H13ClF3NS. The zero-order valence-corrected chi connectivity index (χ0v) is 12.8. The van der Waals surface area contributed by atoms with Crippen LogP contribution in [0, 0.1) is 6.92 Å². The lowest BCUT2D eigenvalue weighted by Gasteiger charge is -2.18. The van der Waals surface area contributed by atoms with Crippen LogP contribution < -0.4 is 5.32 Å². The van der Waals surface area contributed by atoms with Gasteiger partial charge in [-0.1, -0.05) is 17.7 Å². The molecule has 0 spiro atoms. The predicted octanol–water partition coefficient (Wildman–Crippen LogP) is 5.83. The Hall–Kier alpha value is -1.20. The Kier molecular flexibility index (Phi) is 3.66. The van der Waals surface area contributed by atoms with E-state index in [9.17, 15) is 13.2 Å². The maximum absolute atomic E-state index is 12.8. The maximum Gasteiger partial charge on any atom is 0.416 e. The molecule has 1 aliphatic carbocycles. The van der Waals surface area contributed by atoms with E-state index in [-0.39, 0.29) is 6.04 Å². The topological polar surface area (TPSA) is 12.0 Å². The van der Waals surface area contributed by atoms with Gasteiger partial charge in [0, 0.05) is 10.6 Å². The minimum absolute atomic E-state index is 0.0333. The van der Waals surface area contributed by atoms with E-state index < -0.39 is 11.7 Å². The number of benzene rings is 1. The van der Waals surface area contributed by atoms with E-state index >= 15 is 0 Å². The average Bonchev–Trinajstić information content (AvgIpc) is 2.91. The molecule has 0 aliphatic heterocycles. The van der Waals surface area contributed by atoms with Gasteiger partial charge in [-0.15, -0.1) is 11.3 Å².